The Hall–Kier alpha value is -3.76. The van der Waals surface area contributed by atoms with Crippen molar-refractivity contribution in [3.05, 3.63) is 52.0 Å². The smallest absolute Gasteiger partial charge is 0.270 e. The molecule has 0 spiro atoms. The van der Waals surface area contributed by atoms with Crippen LogP contribution in [0.3, 0.4) is 0 Å². The molecule has 0 saturated carbocycles. The van der Waals surface area contributed by atoms with Crippen molar-refractivity contribution in [3.63, 3.8) is 0 Å². The Morgan fingerprint density at radius 3 is 2.81 bits per heavy atom. The summed E-state index contributed by atoms with van der Waals surface area (Å²) in [5, 5.41) is 21.2. The van der Waals surface area contributed by atoms with E-state index in [4.69, 9.17) is 5.73 Å². The third-order valence-corrected chi connectivity index (χ3v) is 3.61. The molecule has 0 aliphatic heterocycles. The van der Waals surface area contributed by atoms with Crippen LogP contribution in [-0.4, -0.2) is 43.5 Å². The van der Waals surface area contributed by atoms with E-state index in [2.05, 4.69) is 25.7 Å². The van der Waals surface area contributed by atoms with Crippen molar-refractivity contribution in [2.75, 3.05) is 23.7 Å². The molecule has 11 nitrogen and oxygen atoms in total. The van der Waals surface area contributed by atoms with Gasteiger partial charge in [0, 0.05) is 42.7 Å². The van der Waals surface area contributed by atoms with Crippen molar-refractivity contribution >= 4 is 28.9 Å². The van der Waals surface area contributed by atoms with Crippen LogP contribution in [0, 0.1) is 17.0 Å². The molecule has 0 atom stereocenters. The van der Waals surface area contributed by atoms with Crippen LogP contribution in [0.4, 0.5) is 17.2 Å². The number of aryl methyl sites for hydroxylation is 1. The number of hydrogen-bond donors (Lipinski definition) is 3. The molecule has 0 saturated heterocycles. The van der Waals surface area contributed by atoms with Gasteiger partial charge in [0.15, 0.2) is 0 Å². The lowest BCUT2D eigenvalue weighted by Gasteiger charge is -2.12. The number of amides is 1. The summed E-state index contributed by atoms with van der Waals surface area (Å²) >= 11 is 0. The third kappa shape index (κ3) is 3.50. The van der Waals surface area contributed by atoms with E-state index < -0.39 is 10.8 Å². The summed E-state index contributed by atoms with van der Waals surface area (Å²) in [6, 6.07) is 5.77. The van der Waals surface area contributed by atoms with Gasteiger partial charge >= 0.3 is 0 Å². The molecule has 4 N–H and O–H groups in total. The normalized spacial score (nSPS) is 10.7. The molecule has 2 heterocycles. The van der Waals surface area contributed by atoms with Gasteiger partial charge in [-0.15, -0.1) is 0 Å². The fraction of sp³-hybridized carbons (Fsp3) is 0.200. The van der Waals surface area contributed by atoms with Crippen molar-refractivity contribution in [2.45, 2.75) is 6.92 Å². The van der Waals surface area contributed by atoms with Crippen molar-refractivity contribution in [1.82, 2.24) is 19.6 Å². The van der Waals surface area contributed by atoms with E-state index in [9.17, 15) is 14.9 Å². The van der Waals surface area contributed by atoms with Crippen molar-refractivity contribution in [1.29, 1.82) is 0 Å². The Kier molecular flexibility index (Phi) is 4.60. The van der Waals surface area contributed by atoms with Crippen molar-refractivity contribution in [3.8, 4) is 0 Å². The fourth-order valence-corrected chi connectivity index (χ4v) is 2.45. The van der Waals surface area contributed by atoms with E-state index in [-0.39, 0.29) is 11.3 Å². The minimum atomic E-state index is -0.738. The molecule has 0 radical (unpaired) electrons. The topological polar surface area (TPSA) is 153 Å². The minimum absolute atomic E-state index is 0.0672. The zero-order valence-corrected chi connectivity index (χ0v) is 13.8. The second-order valence-corrected chi connectivity index (χ2v) is 5.46. The number of rotatable bonds is 7. The molecule has 3 rings (SSSR count). The third-order valence-electron chi connectivity index (χ3n) is 3.61. The average molecular weight is 356 g/mol. The van der Waals surface area contributed by atoms with Gasteiger partial charge in [-0.3, -0.25) is 14.9 Å². The molecule has 1 amide bonds. The molecule has 0 aliphatic rings. The van der Waals surface area contributed by atoms with E-state index in [1.54, 1.807) is 4.52 Å². The molecule has 3 aromatic rings. The number of nitrogens with two attached hydrogens (primary N) is 1. The second kappa shape index (κ2) is 7.01. The molecule has 0 aliphatic carbocycles. The molecule has 2 aromatic heterocycles. The zero-order valence-electron chi connectivity index (χ0n) is 13.8. The molecule has 0 bridgehead atoms. The molecule has 26 heavy (non-hydrogen) atoms. The number of nitro groups is 1. The maximum absolute atomic E-state index is 11.5. The number of benzene rings is 1. The number of nitrogens with zero attached hydrogens (tertiary/aromatic N) is 5. The van der Waals surface area contributed by atoms with Crippen molar-refractivity contribution < 1.29 is 9.72 Å². The van der Waals surface area contributed by atoms with Gasteiger partial charge in [0.2, 0.25) is 0 Å². The summed E-state index contributed by atoms with van der Waals surface area (Å²) in [7, 11) is 0. The number of carbonyl (C=O) groups is 1. The lowest BCUT2D eigenvalue weighted by atomic mass is 10.1. The summed E-state index contributed by atoms with van der Waals surface area (Å²) in [5.74, 6) is 0.482. The van der Waals surface area contributed by atoms with Crippen LogP contribution in [0.25, 0.3) is 5.78 Å². The first-order chi connectivity index (χ1) is 12.5. The van der Waals surface area contributed by atoms with Crippen LogP contribution in [-0.2, 0) is 0 Å². The lowest BCUT2D eigenvalue weighted by molar-refractivity contribution is -0.384. The quantitative estimate of drug-likeness (QED) is 0.321. The number of nitrogens with one attached hydrogen (secondary N) is 2. The predicted octanol–water partition coefficient (Wildman–Crippen LogP) is 0.964. The minimum Gasteiger partial charge on any atom is -0.383 e. The lowest BCUT2D eigenvalue weighted by Crippen LogP contribution is -2.19. The maximum Gasteiger partial charge on any atom is 0.270 e. The van der Waals surface area contributed by atoms with Crippen molar-refractivity contribution in [2.24, 2.45) is 5.73 Å². The number of nitro benzene ring substituents is 1. The van der Waals surface area contributed by atoms with E-state index in [1.165, 1.54) is 18.5 Å². The molecule has 1 aromatic carbocycles. The standard InChI is InChI=1S/C15H16N8O3/c1-9-6-13(22-15(21-9)19-8-20-22)18-5-4-17-12-3-2-10(23(25)26)7-11(12)14(16)24/h2-3,6-8,17-18H,4-5H2,1H3,(H2,16,24). The van der Waals surface area contributed by atoms with Gasteiger partial charge in [-0.1, -0.05) is 0 Å². The Morgan fingerprint density at radius 1 is 1.31 bits per heavy atom. The number of hydrogen-bond acceptors (Lipinski definition) is 8. The number of anilines is 2. The van der Waals surface area contributed by atoms with Crippen LogP contribution >= 0.6 is 0 Å². The molecule has 0 unspecified atom stereocenters. The highest BCUT2D eigenvalue weighted by Gasteiger charge is 2.14. The zero-order chi connectivity index (χ0) is 18.7. The fourth-order valence-electron chi connectivity index (χ4n) is 2.45. The maximum atomic E-state index is 11.5. The van der Waals surface area contributed by atoms with Crippen LogP contribution in [0.5, 0.6) is 0 Å². The van der Waals surface area contributed by atoms with Gasteiger partial charge in [0.25, 0.3) is 17.4 Å². The van der Waals surface area contributed by atoms with Crippen LogP contribution in [0.1, 0.15) is 16.1 Å². The Labute approximate surface area is 147 Å². The first-order valence-corrected chi connectivity index (χ1v) is 7.69. The Balaban J connectivity index is 1.67. The monoisotopic (exact) mass is 356 g/mol. The van der Waals surface area contributed by atoms with E-state index >= 15 is 0 Å². The van der Waals surface area contributed by atoms with E-state index in [0.717, 1.165) is 17.6 Å². The average Bonchev–Trinajstić information content (AvgIpc) is 3.06. The molecule has 0 fully saturated rings. The van der Waals surface area contributed by atoms with Crippen LogP contribution < -0.4 is 16.4 Å². The first-order valence-electron chi connectivity index (χ1n) is 7.69. The van der Waals surface area contributed by atoms with Crippen LogP contribution in [0.2, 0.25) is 0 Å². The predicted molar refractivity (Wildman–Crippen MR) is 94.1 cm³/mol. The molecule has 11 heteroatoms. The van der Waals surface area contributed by atoms with Crippen LogP contribution in [0.15, 0.2) is 30.6 Å². The van der Waals surface area contributed by atoms with Gasteiger partial charge in [-0.25, -0.2) is 4.98 Å². The molecule has 134 valence electrons. The summed E-state index contributed by atoms with van der Waals surface area (Å²) in [4.78, 5) is 30.1. The van der Waals surface area contributed by atoms with E-state index in [0.29, 0.717) is 24.6 Å². The highest BCUT2D eigenvalue weighted by Crippen LogP contribution is 2.21. The highest BCUT2D eigenvalue weighted by atomic mass is 16.6. The van der Waals surface area contributed by atoms with Gasteiger partial charge in [0.05, 0.1) is 10.5 Å². The Morgan fingerprint density at radius 2 is 2.08 bits per heavy atom. The summed E-state index contributed by atoms with van der Waals surface area (Å²) in [6.07, 6.45) is 1.42. The number of aromatic nitrogens is 4. The Bertz CT molecular complexity index is 984. The number of carbonyl (C=O) groups excluding carboxylic acids is 1. The number of fused-ring (bicyclic) bond motifs is 1. The number of primary amides is 1. The SMILES string of the molecule is Cc1cc(NCCNc2ccc([N+](=O)[O-])cc2C(N)=O)n2ncnc2n1. The summed E-state index contributed by atoms with van der Waals surface area (Å²) < 4.78 is 1.58. The number of non-ortho nitro benzene ring substituents is 1. The largest absolute Gasteiger partial charge is 0.383 e. The molecular formula is C15H16N8O3. The van der Waals surface area contributed by atoms with Gasteiger partial charge in [0.1, 0.15) is 12.1 Å². The first kappa shape index (κ1) is 17.1. The second-order valence-electron chi connectivity index (χ2n) is 5.46. The van der Waals surface area contributed by atoms with Gasteiger partial charge in [-0.05, 0) is 13.0 Å². The van der Waals surface area contributed by atoms with Gasteiger partial charge in [-0.2, -0.15) is 14.6 Å². The molecular weight excluding hydrogens is 340 g/mol. The summed E-state index contributed by atoms with van der Waals surface area (Å²) in [6.45, 7) is 2.79. The van der Waals surface area contributed by atoms with Gasteiger partial charge < -0.3 is 16.4 Å². The highest BCUT2D eigenvalue weighted by molar-refractivity contribution is 5.99. The van der Waals surface area contributed by atoms with E-state index in [1.807, 2.05) is 13.0 Å². The summed E-state index contributed by atoms with van der Waals surface area (Å²) in [5.41, 5.74) is 6.41.